The van der Waals surface area contributed by atoms with Crippen LogP contribution in [-0.2, 0) is 14.3 Å². The molecule has 0 aliphatic carbocycles. The number of urea groups is 1. The van der Waals surface area contributed by atoms with Gasteiger partial charge >= 0.3 is 18.0 Å². The predicted octanol–water partition coefficient (Wildman–Crippen LogP) is -0.291. The molecule has 2 atom stereocenters. The van der Waals surface area contributed by atoms with E-state index >= 15 is 0 Å². The van der Waals surface area contributed by atoms with Crippen LogP contribution in [0.3, 0.4) is 0 Å². The molecule has 0 saturated heterocycles. The second-order valence-corrected chi connectivity index (χ2v) is 4.75. The number of hydrogen-bond acceptors (Lipinski definition) is 5. The first-order valence-corrected chi connectivity index (χ1v) is 6.31. The standard InChI is InChI=1S/C12H22N2O6/c1-7(2)6-8(11(18)20-3)14-12(19)13-5-4-9(15)10(16)17/h7-9,15H,4-6H2,1-3H3,(H,16,17)(H2,13,14,19)/t8?,9-/m0/s1. The fourth-order valence-corrected chi connectivity index (χ4v) is 1.48. The van der Waals surface area contributed by atoms with Crippen LogP contribution in [0.5, 0.6) is 0 Å². The Kier molecular flexibility index (Phi) is 8.30. The van der Waals surface area contributed by atoms with E-state index in [1.165, 1.54) is 7.11 Å². The molecule has 20 heavy (non-hydrogen) atoms. The van der Waals surface area contributed by atoms with E-state index in [-0.39, 0.29) is 18.9 Å². The molecule has 0 aliphatic heterocycles. The highest BCUT2D eigenvalue weighted by molar-refractivity contribution is 5.83. The van der Waals surface area contributed by atoms with Crippen molar-refractivity contribution < 1.29 is 29.3 Å². The molecule has 0 spiro atoms. The lowest BCUT2D eigenvalue weighted by Gasteiger charge is -2.18. The van der Waals surface area contributed by atoms with Gasteiger partial charge < -0.3 is 25.6 Å². The van der Waals surface area contributed by atoms with E-state index in [0.29, 0.717) is 6.42 Å². The van der Waals surface area contributed by atoms with Gasteiger partial charge in [0.15, 0.2) is 6.10 Å². The number of esters is 1. The molecule has 8 heteroatoms. The summed E-state index contributed by atoms with van der Waals surface area (Å²) in [5, 5.41) is 22.3. The SMILES string of the molecule is COC(=O)C(CC(C)C)NC(=O)NCC[C@H](O)C(=O)O. The Balaban J connectivity index is 4.19. The maximum Gasteiger partial charge on any atom is 0.332 e. The van der Waals surface area contributed by atoms with Crippen LogP contribution in [0.15, 0.2) is 0 Å². The van der Waals surface area contributed by atoms with Crippen molar-refractivity contribution >= 4 is 18.0 Å². The average Bonchev–Trinajstić information content (AvgIpc) is 2.36. The monoisotopic (exact) mass is 290 g/mol. The zero-order valence-corrected chi connectivity index (χ0v) is 11.9. The van der Waals surface area contributed by atoms with Crippen LogP contribution in [0.4, 0.5) is 4.79 Å². The molecule has 0 heterocycles. The van der Waals surface area contributed by atoms with E-state index in [4.69, 9.17) is 10.2 Å². The summed E-state index contributed by atoms with van der Waals surface area (Å²) in [4.78, 5) is 33.4. The number of amides is 2. The lowest BCUT2D eigenvalue weighted by atomic mass is 10.0. The van der Waals surface area contributed by atoms with Gasteiger partial charge in [0, 0.05) is 13.0 Å². The average molecular weight is 290 g/mol. The van der Waals surface area contributed by atoms with Crippen molar-refractivity contribution in [2.45, 2.75) is 38.8 Å². The van der Waals surface area contributed by atoms with Crippen molar-refractivity contribution in [1.29, 1.82) is 0 Å². The number of carbonyl (C=O) groups is 3. The van der Waals surface area contributed by atoms with Crippen molar-refractivity contribution in [3.8, 4) is 0 Å². The summed E-state index contributed by atoms with van der Waals surface area (Å²) < 4.78 is 4.59. The van der Waals surface area contributed by atoms with Crippen LogP contribution >= 0.6 is 0 Å². The number of carbonyl (C=O) groups excluding carboxylic acids is 2. The van der Waals surface area contributed by atoms with Gasteiger partial charge in [-0.2, -0.15) is 0 Å². The summed E-state index contributed by atoms with van der Waals surface area (Å²) >= 11 is 0. The zero-order chi connectivity index (χ0) is 15.7. The van der Waals surface area contributed by atoms with Gasteiger partial charge in [0.1, 0.15) is 6.04 Å². The molecule has 1 unspecified atom stereocenters. The highest BCUT2D eigenvalue weighted by Crippen LogP contribution is 2.06. The zero-order valence-electron chi connectivity index (χ0n) is 11.9. The number of hydrogen-bond donors (Lipinski definition) is 4. The topological polar surface area (TPSA) is 125 Å². The van der Waals surface area contributed by atoms with E-state index in [1.54, 1.807) is 0 Å². The van der Waals surface area contributed by atoms with Gasteiger partial charge in [-0.3, -0.25) is 0 Å². The first kappa shape index (κ1) is 18.2. The molecule has 116 valence electrons. The summed E-state index contributed by atoms with van der Waals surface area (Å²) in [5.41, 5.74) is 0. The number of ether oxygens (including phenoxy) is 1. The lowest BCUT2D eigenvalue weighted by molar-refractivity contribution is -0.146. The Morgan fingerprint density at radius 1 is 1.25 bits per heavy atom. The smallest absolute Gasteiger partial charge is 0.332 e. The molecule has 2 amide bonds. The number of aliphatic hydroxyl groups is 1. The molecule has 0 bridgehead atoms. The van der Waals surface area contributed by atoms with Gasteiger partial charge in [0.2, 0.25) is 0 Å². The minimum Gasteiger partial charge on any atom is -0.479 e. The summed E-state index contributed by atoms with van der Waals surface area (Å²) in [6, 6.07) is -1.37. The Morgan fingerprint density at radius 3 is 2.30 bits per heavy atom. The first-order chi connectivity index (χ1) is 9.27. The Morgan fingerprint density at radius 2 is 1.85 bits per heavy atom. The molecule has 0 aliphatic rings. The van der Waals surface area contributed by atoms with E-state index in [1.807, 2.05) is 13.8 Å². The van der Waals surface area contributed by atoms with Gasteiger partial charge in [-0.05, 0) is 12.3 Å². The number of carboxylic acids is 1. The number of methoxy groups -OCH3 is 1. The third kappa shape index (κ3) is 7.57. The summed E-state index contributed by atoms with van der Waals surface area (Å²) in [6.07, 6.45) is -1.21. The second-order valence-electron chi connectivity index (χ2n) is 4.75. The van der Waals surface area contributed by atoms with Crippen molar-refractivity contribution in [3.05, 3.63) is 0 Å². The molecule has 0 aromatic rings. The van der Waals surface area contributed by atoms with Crippen molar-refractivity contribution in [2.24, 2.45) is 5.92 Å². The molecule has 4 N–H and O–H groups in total. The Hall–Kier alpha value is -1.83. The van der Waals surface area contributed by atoms with Crippen LogP contribution < -0.4 is 10.6 Å². The minimum absolute atomic E-state index is 0.0190. The first-order valence-electron chi connectivity index (χ1n) is 6.31. The maximum atomic E-state index is 11.5. The number of aliphatic carboxylic acids is 1. The van der Waals surface area contributed by atoms with Gasteiger partial charge in [-0.15, -0.1) is 0 Å². The molecule has 0 aromatic carbocycles. The van der Waals surface area contributed by atoms with Crippen molar-refractivity contribution in [1.82, 2.24) is 10.6 Å². The van der Waals surface area contributed by atoms with Gasteiger partial charge in [0.05, 0.1) is 7.11 Å². The molecule has 0 radical (unpaired) electrons. The van der Waals surface area contributed by atoms with Crippen molar-refractivity contribution in [3.63, 3.8) is 0 Å². The molecule has 0 saturated carbocycles. The van der Waals surface area contributed by atoms with Crippen molar-refractivity contribution in [2.75, 3.05) is 13.7 Å². The van der Waals surface area contributed by atoms with Gasteiger partial charge in [-0.1, -0.05) is 13.8 Å². The van der Waals surface area contributed by atoms with E-state index in [2.05, 4.69) is 15.4 Å². The predicted molar refractivity (Wildman–Crippen MR) is 70.1 cm³/mol. The Labute approximate surface area is 117 Å². The molecule has 0 fully saturated rings. The van der Waals surface area contributed by atoms with Gasteiger partial charge in [0.25, 0.3) is 0 Å². The van der Waals surface area contributed by atoms with Crippen LogP contribution in [0.25, 0.3) is 0 Å². The largest absolute Gasteiger partial charge is 0.479 e. The lowest BCUT2D eigenvalue weighted by Crippen LogP contribution is -2.47. The van der Waals surface area contributed by atoms with E-state index in [0.717, 1.165) is 0 Å². The van der Waals surface area contributed by atoms with Crippen LogP contribution in [0.2, 0.25) is 0 Å². The fraction of sp³-hybridized carbons (Fsp3) is 0.750. The number of nitrogens with one attached hydrogen (secondary N) is 2. The summed E-state index contributed by atoms with van der Waals surface area (Å²) in [7, 11) is 1.23. The summed E-state index contributed by atoms with van der Waals surface area (Å²) in [6.45, 7) is 3.78. The number of rotatable bonds is 8. The van der Waals surface area contributed by atoms with Crippen LogP contribution in [0, 0.1) is 5.92 Å². The third-order valence-electron chi connectivity index (χ3n) is 2.49. The minimum atomic E-state index is -1.53. The quantitative estimate of drug-likeness (QED) is 0.455. The fourth-order valence-electron chi connectivity index (χ4n) is 1.48. The van der Waals surface area contributed by atoms with Gasteiger partial charge in [-0.25, -0.2) is 14.4 Å². The van der Waals surface area contributed by atoms with E-state index in [9.17, 15) is 14.4 Å². The maximum absolute atomic E-state index is 11.5. The molecular formula is C12H22N2O6. The normalized spacial score (nSPS) is 13.4. The van der Waals surface area contributed by atoms with Crippen LogP contribution in [0.1, 0.15) is 26.7 Å². The Bertz CT molecular complexity index is 345. The molecule has 0 rings (SSSR count). The van der Waals surface area contributed by atoms with E-state index < -0.39 is 30.1 Å². The third-order valence-corrected chi connectivity index (χ3v) is 2.49. The molecular weight excluding hydrogens is 268 g/mol. The second kappa shape index (κ2) is 9.13. The van der Waals surface area contributed by atoms with Crippen LogP contribution in [-0.4, -0.2) is 54.0 Å². The summed E-state index contributed by atoms with van der Waals surface area (Å²) in [5.74, 6) is -1.70. The number of carboxylic acid groups (broad SMARTS) is 1. The highest BCUT2D eigenvalue weighted by atomic mass is 16.5. The molecule has 0 aromatic heterocycles. The number of aliphatic hydroxyl groups excluding tert-OH is 1. The molecule has 8 nitrogen and oxygen atoms in total. The highest BCUT2D eigenvalue weighted by Gasteiger charge is 2.22.